The van der Waals surface area contributed by atoms with Gasteiger partial charge in [0.15, 0.2) is 11.9 Å². The summed E-state index contributed by atoms with van der Waals surface area (Å²) in [5.74, 6) is 1.73. The molecule has 0 aliphatic carbocycles. The molecule has 2 heterocycles. The maximum atomic E-state index is 12.2. The van der Waals surface area contributed by atoms with E-state index in [1.165, 1.54) is 0 Å². The second-order valence-electron chi connectivity index (χ2n) is 5.23. The van der Waals surface area contributed by atoms with Gasteiger partial charge in [0, 0.05) is 11.1 Å². The number of rotatable bonds is 2. The van der Waals surface area contributed by atoms with E-state index in [4.69, 9.17) is 14.0 Å². The van der Waals surface area contributed by atoms with Crippen LogP contribution in [0.5, 0.6) is 11.5 Å². The van der Waals surface area contributed by atoms with E-state index in [2.05, 4.69) is 15.5 Å². The van der Waals surface area contributed by atoms with Crippen molar-refractivity contribution in [2.24, 2.45) is 0 Å². The molecule has 24 heavy (non-hydrogen) atoms. The third kappa shape index (κ3) is 2.56. The Hall–Kier alpha value is -3.35. The number of para-hydroxylation sites is 2. The van der Waals surface area contributed by atoms with Crippen molar-refractivity contribution >= 4 is 12.1 Å². The SMILES string of the molecule is Cc1noc(NC(=O)OC2c3ccccc3Oc3ccccc32)n1. The second-order valence-corrected chi connectivity index (χ2v) is 5.23. The van der Waals surface area contributed by atoms with Crippen LogP contribution in [0.4, 0.5) is 10.8 Å². The zero-order chi connectivity index (χ0) is 16.5. The van der Waals surface area contributed by atoms with Gasteiger partial charge in [-0.3, -0.25) is 0 Å². The summed E-state index contributed by atoms with van der Waals surface area (Å²) < 4.78 is 16.3. The van der Waals surface area contributed by atoms with Crippen LogP contribution in [-0.4, -0.2) is 16.2 Å². The Kier molecular flexibility index (Phi) is 3.38. The number of nitrogens with one attached hydrogen (secondary N) is 1. The van der Waals surface area contributed by atoms with Gasteiger partial charge in [-0.2, -0.15) is 4.98 Å². The Morgan fingerprint density at radius 3 is 2.29 bits per heavy atom. The van der Waals surface area contributed by atoms with Crippen LogP contribution in [0.1, 0.15) is 23.1 Å². The van der Waals surface area contributed by atoms with Crippen LogP contribution in [-0.2, 0) is 4.74 Å². The van der Waals surface area contributed by atoms with Crippen molar-refractivity contribution in [2.45, 2.75) is 13.0 Å². The van der Waals surface area contributed by atoms with Crippen molar-refractivity contribution in [3.8, 4) is 11.5 Å². The number of carbonyl (C=O) groups is 1. The molecule has 4 rings (SSSR count). The highest BCUT2D eigenvalue weighted by Gasteiger charge is 2.30. The molecule has 1 aromatic heterocycles. The molecule has 0 unspecified atom stereocenters. The highest BCUT2D eigenvalue weighted by molar-refractivity contribution is 5.82. The molecule has 3 aromatic rings. The first-order valence-corrected chi connectivity index (χ1v) is 7.34. The third-order valence-corrected chi connectivity index (χ3v) is 3.58. The summed E-state index contributed by atoms with van der Waals surface area (Å²) in [6.07, 6.45) is -1.27. The Balaban J connectivity index is 1.63. The van der Waals surface area contributed by atoms with Gasteiger partial charge in [0.05, 0.1) is 0 Å². The van der Waals surface area contributed by atoms with Crippen LogP contribution in [0.2, 0.25) is 0 Å². The molecule has 1 amide bonds. The van der Waals surface area contributed by atoms with Gasteiger partial charge in [-0.15, -0.1) is 0 Å². The predicted octanol–water partition coefficient (Wildman–Crippen LogP) is 3.82. The van der Waals surface area contributed by atoms with Gasteiger partial charge >= 0.3 is 12.1 Å². The average molecular weight is 323 g/mol. The summed E-state index contributed by atoms with van der Waals surface area (Å²) in [6.45, 7) is 1.66. The van der Waals surface area contributed by atoms with E-state index in [1.54, 1.807) is 6.92 Å². The number of aryl methyl sites for hydroxylation is 1. The van der Waals surface area contributed by atoms with Crippen molar-refractivity contribution in [2.75, 3.05) is 5.32 Å². The molecule has 1 aliphatic heterocycles. The maximum Gasteiger partial charge on any atom is 0.416 e. The fraction of sp³-hybridized carbons (Fsp3) is 0.118. The maximum absolute atomic E-state index is 12.2. The van der Waals surface area contributed by atoms with Gasteiger partial charge in [-0.05, 0) is 19.1 Å². The standard InChI is InChI=1S/C17H13N3O4/c1-10-18-16(24-20-10)19-17(21)23-15-11-6-2-4-8-13(11)22-14-9-5-3-7-12(14)15/h2-9,15H,1H3,(H,18,19,20,21). The number of hydrogen-bond acceptors (Lipinski definition) is 6. The van der Waals surface area contributed by atoms with Gasteiger partial charge in [-0.25, -0.2) is 10.1 Å². The minimum absolute atomic E-state index is 0.00821. The minimum Gasteiger partial charge on any atom is -0.456 e. The summed E-state index contributed by atoms with van der Waals surface area (Å²) in [6, 6.07) is 14.8. The molecular formula is C17H13N3O4. The van der Waals surface area contributed by atoms with Gasteiger partial charge in [-0.1, -0.05) is 41.6 Å². The number of anilines is 1. The number of benzene rings is 2. The minimum atomic E-state index is -0.685. The lowest BCUT2D eigenvalue weighted by atomic mass is 9.97. The zero-order valence-electron chi connectivity index (χ0n) is 12.7. The average Bonchev–Trinajstić information content (AvgIpc) is 2.99. The largest absolute Gasteiger partial charge is 0.456 e. The molecule has 2 aromatic carbocycles. The Morgan fingerprint density at radius 2 is 1.71 bits per heavy atom. The van der Waals surface area contributed by atoms with Crippen LogP contribution in [0.15, 0.2) is 53.1 Å². The van der Waals surface area contributed by atoms with Crippen molar-refractivity contribution in [3.63, 3.8) is 0 Å². The molecule has 0 spiro atoms. The molecule has 7 nitrogen and oxygen atoms in total. The Bertz CT molecular complexity index is 861. The van der Waals surface area contributed by atoms with E-state index in [-0.39, 0.29) is 6.01 Å². The van der Waals surface area contributed by atoms with E-state index in [1.807, 2.05) is 48.5 Å². The monoisotopic (exact) mass is 323 g/mol. The predicted molar refractivity (Wildman–Crippen MR) is 83.9 cm³/mol. The lowest BCUT2D eigenvalue weighted by Crippen LogP contribution is -2.21. The van der Waals surface area contributed by atoms with Crippen LogP contribution >= 0.6 is 0 Å². The van der Waals surface area contributed by atoms with Crippen LogP contribution in [0, 0.1) is 6.92 Å². The zero-order valence-corrected chi connectivity index (χ0v) is 12.7. The van der Waals surface area contributed by atoms with Gasteiger partial charge < -0.3 is 14.0 Å². The normalized spacial score (nSPS) is 12.7. The molecule has 1 N–H and O–H groups in total. The molecule has 0 bridgehead atoms. The highest BCUT2D eigenvalue weighted by atomic mass is 16.6. The second kappa shape index (κ2) is 5.69. The van der Waals surface area contributed by atoms with Gasteiger partial charge in [0.1, 0.15) is 11.5 Å². The summed E-state index contributed by atoms with van der Waals surface area (Å²) in [7, 11) is 0. The van der Waals surface area contributed by atoms with Gasteiger partial charge in [0.2, 0.25) is 0 Å². The van der Waals surface area contributed by atoms with Crippen molar-refractivity contribution in [3.05, 3.63) is 65.5 Å². The number of carbonyl (C=O) groups excluding carboxylic acids is 1. The summed E-state index contributed by atoms with van der Waals surface area (Å²) in [5, 5.41) is 6.04. The summed E-state index contributed by atoms with van der Waals surface area (Å²) in [5.41, 5.74) is 1.54. The number of aromatic nitrogens is 2. The number of nitrogens with zero attached hydrogens (tertiary/aromatic N) is 2. The number of fused-ring (bicyclic) bond motifs is 2. The summed E-state index contributed by atoms with van der Waals surface area (Å²) >= 11 is 0. The van der Waals surface area contributed by atoms with Crippen LogP contribution in [0.3, 0.4) is 0 Å². The molecule has 7 heteroatoms. The third-order valence-electron chi connectivity index (χ3n) is 3.58. The highest BCUT2D eigenvalue weighted by Crippen LogP contribution is 2.44. The van der Waals surface area contributed by atoms with E-state index < -0.39 is 12.2 Å². The lowest BCUT2D eigenvalue weighted by molar-refractivity contribution is 0.124. The van der Waals surface area contributed by atoms with Gasteiger partial charge in [0.25, 0.3) is 0 Å². The van der Waals surface area contributed by atoms with Crippen molar-refractivity contribution < 1.29 is 18.8 Å². The van der Waals surface area contributed by atoms with Crippen molar-refractivity contribution in [1.29, 1.82) is 0 Å². The fourth-order valence-corrected chi connectivity index (χ4v) is 2.56. The molecule has 120 valence electrons. The smallest absolute Gasteiger partial charge is 0.416 e. The topological polar surface area (TPSA) is 86.5 Å². The molecule has 1 aliphatic rings. The molecule has 0 saturated heterocycles. The van der Waals surface area contributed by atoms with E-state index in [0.717, 1.165) is 11.1 Å². The molecule has 0 radical (unpaired) electrons. The first-order valence-electron chi connectivity index (χ1n) is 7.34. The van der Waals surface area contributed by atoms with Crippen LogP contribution < -0.4 is 10.1 Å². The molecule has 0 atom stereocenters. The molecule has 0 saturated carbocycles. The van der Waals surface area contributed by atoms with Crippen LogP contribution in [0.25, 0.3) is 0 Å². The Morgan fingerprint density at radius 1 is 1.08 bits per heavy atom. The number of hydrogen-bond donors (Lipinski definition) is 1. The quantitative estimate of drug-likeness (QED) is 0.771. The first kappa shape index (κ1) is 14.3. The number of ether oxygens (including phenoxy) is 2. The molecule has 0 fully saturated rings. The van der Waals surface area contributed by atoms with E-state index in [0.29, 0.717) is 17.3 Å². The first-order chi connectivity index (χ1) is 11.7. The Labute approximate surface area is 137 Å². The fourth-order valence-electron chi connectivity index (χ4n) is 2.56. The van der Waals surface area contributed by atoms with Crippen molar-refractivity contribution in [1.82, 2.24) is 10.1 Å². The molecular weight excluding hydrogens is 310 g/mol. The number of amides is 1. The van der Waals surface area contributed by atoms with E-state index >= 15 is 0 Å². The summed E-state index contributed by atoms with van der Waals surface area (Å²) in [4.78, 5) is 16.1. The lowest BCUT2D eigenvalue weighted by Gasteiger charge is -2.27. The van der Waals surface area contributed by atoms with E-state index in [9.17, 15) is 4.79 Å².